The maximum absolute atomic E-state index is 13.4. The van der Waals surface area contributed by atoms with E-state index in [0.717, 1.165) is 17.7 Å². The second kappa shape index (κ2) is 5.85. The van der Waals surface area contributed by atoms with Crippen molar-refractivity contribution >= 4 is 0 Å². The fourth-order valence-electron chi connectivity index (χ4n) is 2.20. The number of hydrogen-bond donors (Lipinski definition) is 1. The van der Waals surface area contributed by atoms with E-state index in [1.54, 1.807) is 19.2 Å². The molecule has 0 aromatic heterocycles. The standard InChI is InChI=1S/C16H15F4N/c1-10(21-2)12-5-3-4-6-13(12)11-7-8-15(17)14(9-11)16(18,19)20/h3-10,21H,1-2H3. The molecule has 0 saturated heterocycles. The molecule has 0 saturated carbocycles. The van der Waals surface area contributed by atoms with Crippen molar-refractivity contribution in [2.24, 2.45) is 0 Å². The first kappa shape index (κ1) is 15.5. The first-order chi connectivity index (χ1) is 9.84. The van der Waals surface area contributed by atoms with Gasteiger partial charge in [0.05, 0.1) is 5.56 Å². The highest BCUT2D eigenvalue weighted by Crippen LogP contribution is 2.36. The Morgan fingerprint density at radius 1 is 1.05 bits per heavy atom. The number of nitrogens with one attached hydrogen (secondary N) is 1. The summed E-state index contributed by atoms with van der Waals surface area (Å²) in [4.78, 5) is 0. The van der Waals surface area contributed by atoms with Crippen molar-refractivity contribution in [3.05, 3.63) is 59.4 Å². The van der Waals surface area contributed by atoms with Crippen LogP contribution < -0.4 is 5.32 Å². The van der Waals surface area contributed by atoms with Gasteiger partial charge in [-0.2, -0.15) is 13.2 Å². The number of rotatable bonds is 3. The van der Waals surface area contributed by atoms with E-state index < -0.39 is 17.6 Å². The highest BCUT2D eigenvalue weighted by molar-refractivity contribution is 5.68. The van der Waals surface area contributed by atoms with Crippen LogP contribution in [0.15, 0.2) is 42.5 Å². The fraction of sp³-hybridized carbons (Fsp3) is 0.250. The van der Waals surface area contributed by atoms with Crippen molar-refractivity contribution in [3.8, 4) is 11.1 Å². The van der Waals surface area contributed by atoms with Crippen molar-refractivity contribution in [1.29, 1.82) is 0 Å². The average molecular weight is 297 g/mol. The molecule has 0 radical (unpaired) electrons. The molecule has 0 heterocycles. The average Bonchev–Trinajstić information content (AvgIpc) is 2.46. The van der Waals surface area contributed by atoms with Crippen molar-refractivity contribution < 1.29 is 17.6 Å². The quantitative estimate of drug-likeness (QED) is 0.803. The number of halogens is 4. The molecule has 0 aliphatic rings. The molecule has 0 bridgehead atoms. The molecule has 2 aromatic carbocycles. The van der Waals surface area contributed by atoms with Gasteiger partial charge in [-0.05, 0) is 42.8 Å². The van der Waals surface area contributed by atoms with Crippen LogP contribution in [0, 0.1) is 5.82 Å². The summed E-state index contributed by atoms with van der Waals surface area (Å²) >= 11 is 0. The highest BCUT2D eigenvalue weighted by Gasteiger charge is 2.34. The lowest BCUT2D eigenvalue weighted by atomic mass is 9.94. The Morgan fingerprint density at radius 3 is 2.33 bits per heavy atom. The van der Waals surface area contributed by atoms with Gasteiger partial charge in [-0.3, -0.25) is 0 Å². The third kappa shape index (κ3) is 3.24. The zero-order valence-corrected chi connectivity index (χ0v) is 11.6. The molecule has 1 atom stereocenters. The lowest BCUT2D eigenvalue weighted by Crippen LogP contribution is -2.13. The zero-order valence-electron chi connectivity index (χ0n) is 11.6. The summed E-state index contributed by atoms with van der Waals surface area (Å²) in [6.45, 7) is 1.91. The third-order valence-corrected chi connectivity index (χ3v) is 3.44. The van der Waals surface area contributed by atoms with E-state index >= 15 is 0 Å². The lowest BCUT2D eigenvalue weighted by Gasteiger charge is -2.17. The third-order valence-electron chi connectivity index (χ3n) is 3.44. The zero-order chi connectivity index (χ0) is 15.6. The van der Waals surface area contributed by atoms with Crippen molar-refractivity contribution in [2.75, 3.05) is 7.05 Å². The van der Waals surface area contributed by atoms with Crippen LogP contribution in [0.5, 0.6) is 0 Å². The van der Waals surface area contributed by atoms with Gasteiger partial charge < -0.3 is 5.32 Å². The first-order valence-electron chi connectivity index (χ1n) is 6.48. The summed E-state index contributed by atoms with van der Waals surface area (Å²) in [5.74, 6) is -1.26. The summed E-state index contributed by atoms with van der Waals surface area (Å²) in [5, 5.41) is 3.05. The molecule has 0 fully saturated rings. The van der Waals surface area contributed by atoms with Crippen LogP contribution in [-0.2, 0) is 6.18 Å². The second-order valence-corrected chi connectivity index (χ2v) is 4.79. The van der Waals surface area contributed by atoms with Crippen LogP contribution in [0.25, 0.3) is 11.1 Å². The lowest BCUT2D eigenvalue weighted by molar-refractivity contribution is -0.139. The summed E-state index contributed by atoms with van der Waals surface area (Å²) in [5.41, 5.74) is 0.623. The van der Waals surface area contributed by atoms with Gasteiger partial charge in [0.1, 0.15) is 5.82 Å². The molecule has 0 aliphatic heterocycles. The molecule has 2 rings (SSSR count). The Kier molecular flexibility index (Phi) is 4.32. The molecular weight excluding hydrogens is 282 g/mol. The van der Waals surface area contributed by atoms with Gasteiger partial charge in [-0.1, -0.05) is 30.3 Å². The number of alkyl halides is 3. The Balaban J connectivity index is 2.58. The normalized spacial score (nSPS) is 13.2. The van der Waals surface area contributed by atoms with Gasteiger partial charge in [-0.15, -0.1) is 0 Å². The molecule has 1 N–H and O–H groups in total. The van der Waals surface area contributed by atoms with Gasteiger partial charge >= 0.3 is 6.18 Å². The molecule has 1 unspecified atom stereocenters. The molecule has 1 nitrogen and oxygen atoms in total. The maximum Gasteiger partial charge on any atom is 0.419 e. The van der Waals surface area contributed by atoms with Crippen LogP contribution in [0.3, 0.4) is 0 Å². The molecular formula is C16H15F4N. The van der Waals surface area contributed by atoms with E-state index in [0.29, 0.717) is 11.1 Å². The van der Waals surface area contributed by atoms with Gasteiger partial charge in [0, 0.05) is 6.04 Å². The number of hydrogen-bond acceptors (Lipinski definition) is 1. The molecule has 112 valence electrons. The van der Waals surface area contributed by atoms with E-state index in [4.69, 9.17) is 0 Å². The fourth-order valence-corrected chi connectivity index (χ4v) is 2.20. The van der Waals surface area contributed by atoms with E-state index in [1.165, 1.54) is 6.07 Å². The van der Waals surface area contributed by atoms with E-state index in [-0.39, 0.29) is 6.04 Å². The first-order valence-corrected chi connectivity index (χ1v) is 6.48. The smallest absolute Gasteiger partial charge is 0.313 e. The van der Waals surface area contributed by atoms with Crippen molar-refractivity contribution in [3.63, 3.8) is 0 Å². The molecule has 0 spiro atoms. The van der Waals surface area contributed by atoms with Crippen LogP contribution in [0.2, 0.25) is 0 Å². The predicted octanol–water partition coefficient (Wildman–Crippen LogP) is 4.79. The van der Waals surface area contributed by atoms with Crippen LogP contribution in [0.1, 0.15) is 24.1 Å². The molecule has 5 heteroatoms. The largest absolute Gasteiger partial charge is 0.419 e. The molecule has 0 amide bonds. The van der Waals surface area contributed by atoms with Gasteiger partial charge in [-0.25, -0.2) is 4.39 Å². The SMILES string of the molecule is CNC(C)c1ccccc1-c1ccc(F)c(C(F)(F)F)c1. The summed E-state index contributed by atoms with van der Waals surface area (Å²) in [6, 6.07) is 10.2. The van der Waals surface area contributed by atoms with Crippen molar-refractivity contribution in [2.45, 2.75) is 19.1 Å². The molecule has 0 aliphatic carbocycles. The van der Waals surface area contributed by atoms with Gasteiger partial charge in [0.15, 0.2) is 0 Å². The van der Waals surface area contributed by atoms with Crippen molar-refractivity contribution in [1.82, 2.24) is 5.32 Å². The van der Waals surface area contributed by atoms with Gasteiger partial charge in [0.2, 0.25) is 0 Å². The minimum Gasteiger partial charge on any atom is -0.313 e. The molecule has 2 aromatic rings. The predicted molar refractivity (Wildman–Crippen MR) is 74.3 cm³/mol. The monoisotopic (exact) mass is 297 g/mol. The Hall–Kier alpha value is -1.88. The number of benzene rings is 2. The Morgan fingerprint density at radius 2 is 1.71 bits per heavy atom. The molecule has 21 heavy (non-hydrogen) atoms. The summed E-state index contributed by atoms with van der Waals surface area (Å²) in [6.07, 6.45) is -4.70. The minimum atomic E-state index is -4.70. The van der Waals surface area contributed by atoms with E-state index in [9.17, 15) is 17.6 Å². The van der Waals surface area contributed by atoms with Crippen LogP contribution >= 0.6 is 0 Å². The van der Waals surface area contributed by atoms with Gasteiger partial charge in [0.25, 0.3) is 0 Å². The Bertz CT molecular complexity index is 634. The summed E-state index contributed by atoms with van der Waals surface area (Å²) in [7, 11) is 1.77. The minimum absolute atomic E-state index is 0.0272. The topological polar surface area (TPSA) is 12.0 Å². The van der Waals surface area contributed by atoms with Crippen LogP contribution in [-0.4, -0.2) is 7.05 Å². The van der Waals surface area contributed by atoms with E-state index in [2.05, 4.69) is 5.32 Å². The maximum atomic E-state index is 13.4. The summed E-state index contributed by atoms with van der Waals surface area (Å²) < 4.78 is 51.8. The highest BCUT2D eigenvalue weighted by atomic mass is 19.4. The van der Waals surface area contributed by atoms with Crippen LogP contribution in [0.4, 0.5) is 17.6 Å². The Labute approximate surface area is 120 Å². The second-order valence-electron chi connectivity index (χ2n) is 4.79. The van der Waals surface area contributed by atoms with E-state index in [1.807, 2.05) is 19.1 Å².